The molecule has 0 bridgehead atoms. The zero-order valence-corrected chi connectivity index (χ0v) is 6.73. The minimum absolute atomic E-state index is 0.166. The Morgan fingerprint density at radius 1 is 1.23 bits per heavy atom. The molecule has 0 radical (unpaired) electrons. The standard InChI is InChI=1S/C8H8N4O/c13-12-8-9-7(10-11-8)6-4-2-1-3-5-6/h1-5,13H,(H2,9,10,11,12). The van der Waals surface area contributed by atoms with E-state index in [-0.39, 0.29) is 5.95 Å². The lowest BCUT2D eigenvalue weighted by Gasteiger charge is -1.92. The Hall–Kier alpha value is -1.88. The largest absolute Gasteiger partial charge is 0.288 e. The lowest BCUT2D eigenvalue weighted by Crippen LogP contribution is -1.90. The van der Waals surface area contributed by atoms with E-state index < -0.39 is 0 Å². The second-order valence-electron chi connectivity index (χ2n) is 2.49. The molecule has 2 aromatic rings. The van der Waals surface area contributed by atoms with E-state index in [0.717, 1.165) is 5.56 Å². The Morgan fingerprint density at radius 2 is 2.00 bits per heavy atom. The van der Waals surface area contributed by atoms with Gasteiger partial charge in [0, 0.05) is 5.56 Å². The summed E-state index contributed by atoms with van der Waals surface area (Å²) in [7, 11) is 0. The van der Waals surface area contributed by atoms with E-state index in [2.05, 4.69) is 15.2 Å². The van der Waals surface area contributed by atoms with Gasteiger partial charge >= 0.3 is 0 Å². The number of hydrogen-bond acceptors (Lipinski definition) is 4. The van der Waals surface area contributed by atoms with Crippen molar-refractivity contribution in [1.82, 2.24) is 15.2 Å². The maximum Gasteiger partial charge on any atom is 0.266 e. The van der Waals surface area contributed by atoms with E-state index in [1.54, 1.807) is 0 Å². The van der Waals surface area contributed by atoms with Crippen molar-refractivity contribution in [2.45, 2.75) is 0 Å². The van der Waals surface area contributed by atoms with Gasteiger partial charge < -0.3 is 0 Å². The SMILES string of the molecule is ONc1n[nH]c(-c2ccccc2)n1. The number of aromatic nitrogens is 3. The van der Waals surface area contributed by atoms with Crippen LogP contribution in [0.15, 0.2) is 30.3 Å². The van der Waals surface area contributed by atoms with Gasteiger partial charge in [-0.05, 0) is 0 Å². The van der Waals surface area contributed by atoms with Crippen molar-refractivity contribution in [2.75, 3.05) is 5.48 Å². The van der Waals surface area contributed by atoms with Crippen LogP contribution in [0.3, 0.4) is 0 Å². The highest BCUT2D eigenvalue weighted by atomic mass is 16.5. The van der Waals surface area contributed by atoms with Gasteiger partial charge in [-0.15, -0.1) is 5.10 Å². The van der Waals surface area contributed by atoms with E-state index in [0.29, 0.717) is 5.82 Å². The van der Waals surface area contributed by atoms with Gasteiger partial charge in [0.2, 0.25) is 0 Å². The number of aromatic amines is 1. The Kier molecular flexibility index (Phi) is 1.93. The van der Waals surface area contributed by atoms with E-state index in [1.165, 1.54) is 0 Å². The summed E-state index contributed by atoms with van der Waals surface area (Å²) in [6, 6.07) is 9.54. The molecule has 0 aliphatic rings. The number of rotatable bonds is 2. The van der Waals surface area contributed by atoms with Crippen molar-refractivity contribution < 1.29 is 5.21 Å². The Morgan fingerprint density at radius 3 is 2.62 bits per heavy atom. The van der Waals surface area contributed by atoms with Crippen LogP contribution in [-0.2, 0) is 0 Å². The molecule has 1 heterocycles. The molecule has 0 fully saturated rings. The second kappa shape index (κ2) is 3.24. The highest BCUT2D eigenvalue weighted by Gasteiger charge is 2.02. The topological polar surface area (TPSA) is 73.8 Å². The fourth-order valence-electron chi connectivity index (χ4n) is 1.04. The molecule has 0 saturated heterocycles. The number of nitrogens with zero attached hydrogens (tertiary/aromatic N) is 2. The Balaban J connectivity index is 2.36. The van der Waals surface area contributed by atoms with Crippen LogP contribution in [0.5, 0.6) is 0 Å². The minimum Gasteiger partial charge on any atom is -0.288 e. The predicted molar refractivity (Wildman–Crippen MR) is 47.2 cm³/mol. The first-order chi connectivity index (χ1) is 6.40. The molecule has 1 aromatic carbocycles. The molecule has 0 atom stereocenters. The van der Waals surface area contributed by atoms with Crippen LogP contribution < -0.4 is 5.48 Å². The van der Waals surface area contributed by atoms with Gasteiger partial charge in [0.05, 0.1) is 0 Å². The van der Waals surface area contributed by atoms with Crippen molar-refractivity contribution in [3.05, 3.63) is 30.3 Å². The molecular weight excluding hydrogens is 168 g/mol. The van der Waals surface area contributed by atoms with Gasteiger partial charge in [0.1, 0.15) is 0 Å². The van der Waals surface area contributed by atoms with Crippen LogP contribution in [0, 0.1) is 0 Å². The Labute approximate surface area is 74.4 Å². The average Bonchev–Trinajstić information content (AvgIpc) is 2.67. The molecule has 0 saturated carbocycles. The van der Waals surface area contributed by atoms with Gasteiger partial charge in [0.15, 0.2) is 5.82 Å². The molecular formula is C8H8N4O. The third kappa shape index (κ3) is 1.50. The first kappa shape index (κ1) is 7.75. The van der Waals surface area contributed by atoms with Crippen molar-refractivity contribution in [2.24, 2.45) is 0 Å². The number of anilines is 1. The van der Waals surface area contributed by atoms with Crippen molar-refractivity contribution in [3.8, 4) is 11.4 Å². The maximum atomic E-state index is 8.50. The summed E-state index contributed by atoms with van der Waals surface area (Å²) < 4.78 is 0. The first-order valence-electron chi connectivity index (χ1n) is 3.78. The predicted octanol–water partition coefficient (Wildman–Crippen LogP) is 1.27. The summed E-state index contributed by atoms with van der Waals surface area (Å²) in [6.45, 7) is 0. The normalized spacial score (nSPS) is 9.92. The van der Waals surface area contributed by atoms with Crippen LogP contribution in [0.1, 0.15) is 0 Å². The molecule has 0 aliphatic heterocycles. The van der Waals surface area contributed by atoms with Crippen molar-refractivity contribution in [1.29, 1.82) is 0 Å². The van der Waals surface area contributed by atoms with Crippen LogP contribution in [0.4, 0.5) is 5.95 Å². The number of benzene rings is 1. The fourth-order valence-corrected chi connectivity index (χ4v) is 1.04. The minimum atomic E-state index is 0.166. The lowest BCUT2D eigenvalue weighted by molar-refractivity contribution is 0.383. The number of nitrogens with one attached hydrogen (secondary N) is 2. The second-order valence-corrected chi connectivity index (χ2v) is 2.49. The van der Waals surface area contributed by atoms with Crippen LogP contribution in [0.2, 0.25) is 0 Å². The monoisotopic (exact) mass is 176 g/mol. The molecule has 0 aliphatic carbocycles. The smallest absolute Gasteiger partial charge is 0.266 e. The van der Waals surface area contributed by atoms with Gasteiger partial charge in [0.25, 0.3) is 5.95 Å². The van der Waals surface area contributed by atoms with Gasteiger partial charge in [-0.1, -0.05) is 30.3 Å². The lowest BCUT2D eigenvalue weighted by atomic mass is 10.2. The summed E-state index contributed by atoms with van der Waals surface area (Å²) in [5, 5.41) is 14.9. The summed E-state index contributed by atoms with van der Waals surface area (Å²) in [5.74, 6) is 0.788. The average molecular weight is 176 g/mol. The quantitative estimate of drug-likeness (QED) is 0.602. The first-order valence-corrected chi connectivity index (χ1v) is 3.78. The molecule has 2 rings (SSSR count). The van der Waals surface area contributed by atoms with Crippen LogP contribution >= 0.6 is 0 Å². The summed E-state index contributed by atoms with van der Waals surface area (Å²) in [4.78, 5) is 3.97. The zero-order valence-electron chi connectivity index (χ0n) is 6.73. The molecule has 66 valence electrons. The molecule has 0 spiro atoms. The summed E-state index contributed by atoms with van der Waals surface area (Å²) in [5.41, 5.74) is 2.79. The van der Waals surface area contributed by atoms with E-state index in [1.807, 2.05) is 35.8 Å². The molecule has 13 heavy (non-hydrogen) atoms. The third-order valence-electron chi connectivity index (χ3n) is 1.63. The molecule has 0 amide bonds. The van der Waals surface area contributed by atoms with Crippen LogP contribution in [0.25, 0.3) is 11.4 Å². The van der Waals surface area contributed by atoms with Crippen molar-refractivity contribution >= 4 is 5.95 Å². The van der Waals surface area contributed by atoms with E-state index in [4.69, 9.17) is 5.21 Å². The molecule has 0 unspecified atom stereocenters. The van der Waals surface area contributed by atoms with Gasteiger partial charge in [-0.25, -0.2) is 5.48 Å². The summed E-state index contributed by atoms with van der Waals surface area (Å²) in [6.07, 6.45) is 0. The zero-order chi connectivity index (χ0) is 9.10. The van der Waals surface area contributed by atoms with E-state index >= 15 is 0 Å². The van der Waals surface area contributed by atoms with Gasteiger partial charge in [-0.2, -0.15) is 4.98 Å². The maximum absolute atomic E-state index is 8.50. The third-order valence-corrected chi connectivity index (χ3v) is 1.63. The van der Waals surface area contributed by atoms with Crippen LogP contribution in [-0.4, -0.2) is 20.4 Å². The van der Waals surface area contributed by atoms with Gasteiger partial charge in [-0.3, -0.25) is 10.3 Å². The Bertz CT molecular complexity index is 384. The number of H-pyrrole nitrogens is 1. The fraction of sp³-hybridized carbons (Fsp3) is 0. The molecule has 5 heteroatoms. The molecule has 5 nitrogen and oxygen atoms in total. The summed E-state index contributed by atoms with van der Waals surface area (Å²) >= 11 is 0. The highest BCUT2D eigenvalue weighted by molar-refractivity contribution is 5.55. The number of hydrogen-bond donors (Lipinski definition) is 3. The van der Waals surface area contributed by atoms with E-state index in [9.17, 15) is 0 Å². The highest BCUT2D eigenvalue weighted by Crippen LogP contribution is 2.14. The molecule has 3 N–H and O–H groups in total. The van der Waals surface area contributed by atoms with Crippen molar-refractivity contribution in [3.63, 3.8) is 0 Å². The molecule has 1 aromatic heterocycles.